The Bertz CT molecular complexity index is 1230. The Labute approximate surface area is 211 Å². The van der Waals surface area contributed by atoms with Crippen molar-refractivity contribution in [1.29, 1.82) is 0 Å². The summed E-state index contributed by atoms with van der Waals surface area (Å²) in [5.74, 6) is 0.110. The van der Waals surface area contributed by atoms with Crippen LogP contribution in [0, 0.1) is 0 Å². The highest BCUT2D eigenvalue weighted by Gasteiger charge is 2.35. The zero-order valence-electron chi connectivity index (χ0n) is 21.3. The van der Waals surface area contributed by atoms with E-state index in [1.54, 1.807) is 36.4 Å². The molecule has 3 heterocycles. The van der Waals surface area contributed by atoms with E-state index >= 15 is 0 Å². The number of benzene rings is 1. The minimum Gasteiger partial charge on any atom is -0.464 e. The van der Waals surface area contributed by atoms with Crippen LogP contribution in [-0.4, -0.2) is 53.3 Å². The Balaban J connectivity index is 1.49. The normalized spacial score (nSPS) is 16.5. The van der Waals surface area contributed by atoms with Gasteiger partial charge in [-0.2, -0.15) is 0 Å². The molecule has 3 aromatic rings. The summed E-state index contributed by atoms with van der Waals surface area (Å²) in [5.41, 5.74) is 2.18. The summed E-state index contributed by atoms with van der Waals surface area (Å²) in [7, 11) is 0. The molecular formula is C28H33N3O5. The minimum atomic E-state index is -0.629. The fraction of sp³-hybridized carbons (Fsp3) is 0.393. The molecular weight excluding hydrogens is 458 g/mol. The molecule has 1 aliphatic heterocycles. The van der Waals surface area contributed by atoms with Crippen molar-refractivity contribution in [3.63, 3.8) is 0 Å². The smallest absolute Gasteiger partial charge is 0.416 e. The van der Waals surface area contributed by atoms with E-state index in [0.717, 1.165) is 36.0 Å². The maximum Gasteiger partial charge on any atom is 0.416 e. The number of likely N-dealkylation sites (tertiary alicyclic amines) is 1. The van der Waals surface area contributed by atoms with E-state index in [4.69, 9.17) is 13.9 Å². The monoisotopic (exact) mass is 491 g/mol. The van der Waals surface area contributed by atoms with Gasteiger partial charge in [0.05, 0.1) is 18.9 Å². The molecule has 190 valence electrons. The largest absolute Gasteiger partial charge is 0.464 e. The molecule has 0 radical (unpaired) electrons. The first kappa shape index (κ1) is 25.4. The molecule has 0 saturated carbocycles. The van der Waals surface area contributed by atoms with Crippen molar-refractivity contribution < 1.29 is 23.5 Å². The number of amides is 1. The second kappa shape index (κ2) is 11.0. The summed E-state index contributed by atoms with van der Waals surface area (Å²) in [4.78, 5) is 33.4. The summed E-state index contributed by atoms with van der Waals surface area (Å²) < 4.78 is 16.1. The Morgan fingerprint density at radius 2 is 2.06 bits per heavy atom. The number of carbonyl (C=O) groups excluding carboxylic acids is 2. The number of fused-ring (bicyclic) bond motifs is 1. The van der Waals surface area contributed by atoms with Crippen LogP contribution in [0.1, 0.15) is 45.2 Å². The zero-order valence-corrected chi connectivity index (χ0v) is 21.3. The molecule has 0 spiro atoms. The number of carbonyl (C=O) groups is 2. The van der Waals surface area contributed by atoms with Gasteiger partial charge in [0.25, 0.3) is 0 Å². The minimum absolute atomic E-state index is 0.0778. The van der Waals surface area contributed by atoms with Gasteiger partial charge in [-0.15, -0.1) is 0 Å². The van der Waals surface area contributed by atoms with Gasteiger partial charge in [-0.05, 0) is 81.7 Å². The number of nitrogens with zero attached hydrogens (tertiary/aromatic N) is 3. The molecule has 4 rings (SSSR count). The van der Waals surface area contributed by atoms with Crippen LogP contribution in [0.5, 0.6) is 0 Å². The van der Waals surface area contributed by atoms with Crippen molar-refractivity contribution in [3.8, 4) is 0 Å². The van der Waals surface area contributed by atoms with Crippen LogP contribution >= 0.6 is 0 Å². The SMILES string of the molecule is CCOC(=O)/C=C/c1ccc(N(C(=O)OC(C)(C)C)[C@@H]2CCN(Cc3ccc4occc4c3)C2)nc1. The Morgan fingerprint density at radius 3 is 2.78 bits per heavy atom. The van der Waals surface area contributed by atoms with Gasteiger partial charge in [0.1, 0.15) is 17.0 Å². The number of hydrogen-bond acceptors (Lipinski definition) is 7. The Morgan fingerprint density at radius 1 is 1.22 bits per heavy atom. The fourth-order valence-electron chi connectivity index (χ4n) is 4.27. The van der Waals surface area contributed by atoms with Gasteiger partial charge < -0.3 is 13.9 Å². The summed E-state index contributed by atoms with van der Waals surface area (Å²) in [6.45, 7) is 9.98. The van der Waals surface area contributed by atoms with Crippen molar-refractivity contribution in [2.45, 2.75) is 52.3 Å². The number of rotatable bonds is 7. The highest BCUT2D eigenvalue weighted by molar-refractivity contribution is 5.88. The van der Waals surface area contributed by atoms with Crippen molar-refractivity contribution in [2.75, 3.05) is 24.6 Å². The third kappa shape index (κ3) is 6.51. The molecule has 8 heteroatoms. The first-order valence-electron chi connectivity index (χ1n) is 12.2. The van der Waals surface area contributed by atoms with E-state index in [2.05, 4.69) is 22.0 Å². The molecule has 1 aromatic carbocycles. The van der Waals surface area contributed by atoms with Crippen LogP contribution in [0.4, 0.5) is 10.6 Å². The number of ether oxygens (including phenoxy) is 2. The predicted molar refractivity (Wildman–Crippen MR) is 139 cm³/mol. The van der Waals surface area contributed by atoms with Crippen LogP contribution in [0.25, 0.3) is 17.0 Å². The number of pyridine rings is 1. The molecule has 2 aromatic heterocycles. The maximum absolute atomic E-state index is 13.3. The Hall–Kier alpha value is -3.65. The molecule has 8 nitrogen and oxygen atoms in total. The first-order valence-corrected chi connectivity index (χ1v) is 12.2. The lowest BCUT2D eigenvalue weighted by Crippen LogP contribution is -2.45. The second-order valence-corrected chi connectivity index (χ2v) is 9.86. The van der Waals surface area contributed by atoms with Crippen LogP contribution in [0.3, 0.4) is 0 Å². The average Bonchev–Trinajstić information content (AvgIpc) is 3.47. The number of esters is 1. The summed E-state index contributed by atoms with van der Waals surface area (Å²) in [6.07, 6.45) is 6.72. The van der Waals surface area contributed by atoms with Crippen molar-refractivity contribution in [1.82, 2.24) is 9.88 Å². The van der Waals surface area contributed by atoms with Crippen molar-refractivity contribution in [3.05, 3.63) is 66.1 Å². The summed E-state index contributed by atoms with van der Waals surface area (Å²) in [6, 6.07) is 11.7. The average molecular weight is 492 g/mol. The van der Waals surface area contributed by atoms with Gasteiger partial charge in [0.15, 0.2) is 0 Å². The number of furan rings is 1. The zero-order chi connectivity index (χ0) is 25.7. The topological polar surface area (TPSA) is 85.1 Å². The highest BCUT2D eigenvalue weighted by atomic mass is 16.6. The molecule has 1 aliphatic rings. The summed E-state index contributed by atoms with van der Waals surface area (Å²) in [5, 5.41) is 1.08. The van der Waals surface area contributed by atoms with Crippen LogP contribution in [-0.2, 0) is 20.8 Å². The molecule has 0 unspecified atom stereocenters. The molecule has 0 N–H and O–H groups in total. The fourth-order valence-corrected chi connectivity index (χ4v) is 4.27. The molecule has 1 atom stereocenters. The van der Waals surface area contributed by atoms with Crippen LogP contribution in [0.15, 0.2) is 59.4 Å². The molecule has 1 fully saturated rings. The van der Waals surface area contributed by atoms with E-state index in [-0.39, 0.29) is 6.04 Å². The highest BCUT2D eigenvalue weighted by Crippen LogP contribution is 2.26. The van der Waals surface area contributed by atoms with Gasteiger partial charge >= 0.3 is 12.1 Å². The van der Waals surface area contributed by atoms with E-state index in [1.165, 1.54) is 11.6 Å². The second-order valence-electron chi connectivity index (χ2n) is 9.86. The quantitative estimate of drug-likeness (QED) is 0.322. The lowest BCUT2D eigenvalue weighted by Gasteiger charge is -2.31. The summed E-state index contributed by atoms with van der Waals surface area (Å²) >= 11 is 0. The van der Waals surface area contributed by atoms with Gasteiger partial charge in [0, 0.05) is 37.3 Å². The molecule has 0 aliphatic carbocycles. The van der Waals surface area contributed by atoms with E-state index < -0.39 is 17.7 Å². The third-order valence-electron chi connectivity index (χ3n) is 5.84. The Kier molecular flexibility index (Phi) is 7.74. The number of hydrogen-bond donors (Lipinski definition) is 0. The van der Waals surface area contributed by atoms with Gasteiger partial charge in [-0.3, -0.25) is 9.80 Å². The molecule has 36 heavy (non-hydrogen) atoms. The lowest BCUT2D eigenvalue weighted by atomic mass is 10.1. The molecule has 1 saturated heterocycles. The molecule has 1 amide bonds. The van der Waals surface area contributed by atoms with E-state index in [0.29, 0.717) is 19.0 Å². The van der Waals surface area contributed by atoms with Gasteiger partial charge in [-0.1, -0.05) is 6.07 Å². The van der Waals surface area contributed by atoms with E-state index in [9.17, 15) is 9.59 Å². The number of anilines is 1. The van der Waals surface area contributed by atoms with Crippen molar-refractivity contribution >= 4 is 34.9 Å². The van der Waals surface area contributed by atoms with Gasteiger partial charge in [0.2, 0.25) is 0 Å². The van der Waals surface area contributed by atoms with Crippen LogP contribution in [0.2, 0.25) is 0 Å². The third-order valence-corrected chi connectivity index (χ3v) is 5.84. The standard InChI is InChI=1S/C28H33N3O5/c1-5-34-26(32)11-8-20-7-10-25(29-17-20)31(27(33)36-28(2,3)4)23-12-14-30(19-23)18-21-6-9-24-22(16-21)13-15-35-24/h6-11,13,15-17,23H,5,12,14,18-19H2,1-4H3/b11-8+/t23-/m1/s1. The predicted octanol–water partition coefficient (Wildman–Crippen LogP) is 5.42. The van der Waals surface area contributed by atoms with Crippen molar-refractivity contribution in [2.24, 2.45) is 0 Å². The number of aromatic nitrogens is 1. The molecule has 0 bridgehead atoms. The first-order chi connectivity index (χ1) is 17.2. The van der Waals surface area contributed by atoms with Crippen LogP contribution < -0.4 is 4.90 Å². The van der Waals surface area contributed by atoms with Gasteiger partial charge in [-0.25, -0.2) is 14.6 Å². The van der Waals surface area contributed by atoms with E-state index in [1.807, 2.05) is 39.0 Å². The maximum atomic E-state index is 13.3. The lowest BCUT2D eigenvalue weighted by molar-refractivity contribution is -0.137.